The summed E-state index contributed by atoms with van der Waals surface area (Å²) in [6.45, 7) is 3.00. The van der Waals surface area contributed by atoms with E-state index < -0.39 is 5.82 Å². The second kappa shape index (κ2) is 10.1. The van der Waals surface area contributed by atoms with Crippen molar-refractivity contribution in [2.75, 3.05) is 13.2 Å². The lowest BCUT2D eigenvalue weighted by Crippen LogP contribution is -2.11. The van der Waals surface area contributed by atoms with Crippen molar-refractivity contribution in [2.24, 2.45) is 0 Å². The van der Waals surface area contributed by atoms with Crippen LogP contribution < -0.4 is 4.89 Å². The zero-order chi connectivity index (χ0) is 18.9. The molecule has 0 aliphatic rings. The number of H-pyrrole nitrogens is 1. The molecule has 146 valence electrons. The average molecular weight is 378 g/mol. The smallest absolute Gasteiger partial charge is 0.207 e. The third kappa shape index (κ3) is 6.06. The molecule has 0 saturated heterocycles. The number of nitrogens with one attached hydrogen (secondary N) is 1. The fraction of sp³-hybridized carbons (Fsp3) is 0.421. The van der Waals surface area contributed by atoms with Gasteiger partial charge in [-0.2, -0.15) is 4.89 Å². The Morgan fingerprint density at radius 2 is 2.19 bits per heavy atom. The number of ether oxygens (including phenoxy) is 1. The highest BCUT2D eigenvalue weighted by Gasteiger charge is 2.10. The number of furan rings is 1. The van der Waals surface area contributed by atoms with Crippen LogP contribution in [0.5, 0.6) is 5.75 Å². The summed E-state index contributed by atoms with van der Waals surface area (Å²) in [6, 6.07) is 4.38. The first-order valence-corrected chi connectivity index (χ1v) is 8.95. The predicted octanol–water partition coefficient (Wildman–Crippen LogP) is 4.36. The standard InChI is InChI=1S/C19H23FN2O5/c1-14(23-9-3-5-19-21-7-8-22-19)4-2-10-25-27-26-18-13-17-15(6-11-24-17)12-16(18)20/h6-8,11-14H,2-5,9-10H2,1H3,(H,21,22). The molecule has 1 atom stereocenters. The van der Waals surface area contributed by atoms with Gasteiger partial charge in [-0.05, 0) is 43.4 Å². The number of aromatic amines is 1. The van der Waals surface area contributed by atoms with Gasteiger partial charge in [0.05, 0.1) is 19.0 Å². The minimum atomic E-state index is -0.552. The minimum Gasteiger partial charge on any atom is -0.464 e. The third-order valence-electron chi connectivity index (χ3n) is 4.03. The lowest BCUT2D eigenvalue weighted by molar-refractivity contribution is -0.466. The maximum absolute atomic E-state index is 13.8. The van der Waals surface area contributed by atoms with E-state index in [0.717, 1.165) is 31.5 Å². The number of nitrogens with zero attached hydrogens (tertiary/aromatic N) is 1. The van der Waals surface area contributed by atoms with Gasteiger partial charge >= 0.3 is 0 Å². The number of imidazole rings is 1. The van der Waals surface area contributed by atoms with E-state index in [2.05, 4.69) is 15.0 Å². The third-order valence-corrected chi connectivity index (χ3v) is 4.03. The Labute approximate surface area is 156 Å². The van der Waals surface area contributed by atoms with Crippen LogP contribution in [0.3, 0.4) is 0 Å². The van der Waals surface area contributed by atoms with Crippen molar-refractivity contribution in [1.82, 2.24) is 9.97 Å². The SMILES string of the molecule is CC(CCCOOOc1cc2occc2cc1F)OCCCc1ncc[nH]1. The highest BCUT2D eigenvalue weighted by molar-refractivity contribution is 5.78. The van der Waals surface area contributed by atoms with Gasteiger partial charge < -0.3 is 19.0 Å². The summed E-state index contributed by atoms with van der Waals surface area (Å²) in [5.74, 6) is 0.328. The van der Waals surface area contributed by atoms with Gasteiger partial charge in [-0.25, -0.2) is 9.37 Å². The van der Waals surface area contributed by atoms with Crippen LogP contribution in [0.25, 0.3) is 11.0 Å². The molecule has 1 N–H and O–H groups in total. The van der Waals surface area contributed by atoms with Crippen LogP contribution in [0.15, 0.2) is 41.3 Å². The van der Waals surface area contributed by atoms with E-state index in [0.29, 0.717) is 24.2 Å². The molecule has 0 amide bonds. The first-order chi connectivity index (χ1) is 13.2. The Morgan fingerprint density at radius 3 is 3.04 bits per heavy atom. The van der Waals surface area contributed by atoms with Crippen molar-refractivity contribution >= 4 is 11.0 Å². The lowest BCUT2D eigenvalue weighted by atomic mass is 10.2. The van der Waals surface area contributed by atoms with E-state index in [-0.39, 0.29) is 11.9 Å². The molecule has 1 aromatic carbocycles. The molecule has 1 unspecified atom stereocenters. The Morgan fingerprint density at radius 1 is 1.26 bits per heavy atom. The van der Waals surface area contributed by atoms with Crippen LogP contribution in [0, 0.1) is 5.82 Å². The average Bonchev–Trinajstić information content (AvgIpc) is 3.33. The largest absolute Gasteiger partial charge is 0.464 e. The molecule has 7 nitrogen and oxygen atoms in total. The minimum absolute atomic E-state index is 0.0919. The molecule has 2 aromatic heterocycles. The maximum Gasteiger partial charge on any atom is 0.207 e. The van der Waals surface area contributed by atoms with E-state index in [4.69, 9.17) is 18.9 Å². The number of benzene rings is 1. The molecule has 0 bridgehead atoms. The molecule has 0 aliphatic heterocycles. The van der Waals surface area contributed by atoms with Crippen LogP contribution >= 0.6 is 0 Å². The number of halogens is 1. The molecule has 3 rings (SSSR count). The van der Waals surface area contributed by atoms with Crippen LogP contribution in [0.1, 0.15) is 32.0 Å². The summed E-state index contributed by atoms with van der Waals surface area (Å²) in [4.78, 5) is 17.0. The van der Waals surface area contributed by atoms with E-state index in [1.807, 2.05) is 13.1 Å². The summed E-state index contributed by atoms with van der Waals surface area (Å²) >= 11 is 0. The predicted molar refractivity (Wildman–Crippen MR) is 95.4 cm³/mol. The summed E-state index contributed by atoms with van der Waals surface area (Å²) in [6.07, 6.45) is 8.48. The maximum atomic E-state index is 13.8. The summed E-state index contributed by atoms with van der Waals surface area (Å²) in [5.41, 5.74) is 0.507. The molecule has 0 spiro atoms. The second-order valence-corrected chi connectivity index (χ2v) is 6.18. The molecule has 0 saturated carbocycles. The fourth-order valence-corrected chi connectivity index (χ4v) is 2.59. The summed E-state index contributed by atoms with van der Waals surface area (Å²) in [7, 11) is 0. The highest BCUT2D eigenvalue weighted by atomic mass is 19.1. The first kappa shape index (κ1) is 19.3. The lowest BCUT2D eigenvalue weighted by Gasteiger charge is -2.12. The highest BCUT2D eigenvalue weighted by Crippen LogP contribution is 2.25. The van der Waals surface area contributed by atoms with Crippen molar-refractivity contribution in [1.29, 1.82) is 0 Å². The number of aryl methyl sites for hydroxylation is 1. The molecule has 2 heterocycles. The van der Waals surface area contributed by atoms with E-state index in [1.165, 1.54) is 18.4 Å². The Balaban J connectivity index is 1.23. The Hall–Kier alpha value is -2.42. The number of aromatic nitrogens is 2. The molecule has 0 aliphatic carbocycles. The summed E-state index contributed by atoms with van der Waals surface area (Å²) in [5, 5.41) is 5.27. The monoisotopic (exact) mass is 378 g/mol. The number of hydrogen-bond acceptors (Lipinski definition) is 6. The van der Waals surface area contributed by atoms with Crippen molar-refractivity contribution < 1.29 is 28.4 Å². The molecule has 27 heavy (non-hydrogen) atoms. The number of hydrogen-bond donors (Lipinski definition) is 1. The van der Waals surface area contributed by atoms with Crippen LogP contribution in [-0.4, -0.2) is 29.3 Å². The molecule has 3 aromatic rings. The van der Waals surface area contributed by atoms with Crippen LogP contribution in [-0.2, 0) is 21.1 Å². The van der Waals surface area contributed by atoms with Gasteiger partial charge in [0.1, 0.15) is 11.4 Å². The quantitative estimate of drug-likeness (QED) is 0.287. The van der Waals surface area contributed by atoms with E-state index in [9.17, 15) is 4.39 Å². The molecule has 8 heteroatoms. The molecule has 0 radical (unpaired) electrons. The number of rotatable bonds is 12. The topological polar surface area (TPSA) is 78.7 Å². The Kier molecular flexibility index (Phi) is 7.20. The first-order valence-electron chi connectivity index (χ1n) is 8.95. The zero-order valence-corrected chi connectivity index (χ0v) is 15.2. The van der Waals surface area contributed by atoms with Gasteiger partial charge in [-0.3, -0.25) is 0 Å². The zero-order valence-electron chi connectivity index (χ0n) is 15.2. The van der Waals surface area contributed by atoms with Crippen molar-refractivity contribution in [3.05, 3.63) is 48.5 Å². The molecular weight excluding hydrogens is 355 g/mol. The van der Waals surface area contributed by atoms with Crippen molar-refractivity contribution in [3.8, 4) is 5.75 Å². The fourth-order valence-electron chi connectivity index (χ4n) is 2.59. The van der Waals surface area contributed by atoms with Gasteiger partial charge in [0, 0.05) is 36.9 Å². The summed E-state index contributed by atoms with van der Waals surface area (Å²) < 4.78 is 24.7. The van der Waals surface area contributed by atoms with Gasteiger partial charge in [0.2, 0.25) is 5.75 Å². The van der Waals surface area contributed by atoms with Gasteiger partial charge in [-0.1, -0.05) is 0 Å². The van der Waals surface area contributed by atoms with Crippen molar-refractivity contribution in [2.45, 2.75) is 38.7 Å². The second-order valence-electron chi connectivity index (χ2n) is 6.18. The Bertz CT molecular complexity index is 806. The molecule has 0 fully saturated rings. The normalized spacial score (nSPS) is 12.5. The van der Waals surface area contributed by atoms with Gasteiger partial charge in [-0.15, -0.1) is 0 Å². The molecular formula is C19H23FN2O5. The van der Waals surface area contributed by atoms with Gasteiger partial charge in [0.15, 0.2) is 5.82 Å². The van der Waals surface area contributed by atoms with Crippen LogP contribution in [0.4, 0.5) is 4.39 Å². The van der Waals surface area contributed by atoms with E-state index in [1.54, 1.807) is 12.3 Å². The number of fused-ring (bicyclic) bond motifs is 1. The van der Waals surface area contributed by atoms with E-state index >= 15 is 0 Å². The van der Waals surface area contributed by atoms with Gasteiger partial charge in [0.25, 0.3) is 0 Å². The van der Waals surface area contributed by atoms with Crippen molar-refractivity contribution in [3.63, 3.8) is 0 Å². The van der Waals surface area contributed by atoms with Crippen LogP contribution in [0.2, 0.25) is 0 Å².